The second kappa shape index (κ2) is 6.44. The third kappa shape index (κ3) is 2.83. The summed E-state index contributed by atoms with van der Waals surface area (Å²) in [6.45, 7) is 0. The number of aromatic nitrogens is 2. The van der Waals surface area contributed by atoms with Gasteiger partial charge in [-0.15, -0.1) is 0 Å². The van der Waals surface area contributed by atoms with Crippen LogP contribution in [0.15, 0.2) is 23.4 Å². The van der Waals surface area contributed by atoms with Crippen LogP contribution in [-0.2, 0) is 18.6 Å². The molecule has 0 saturated heterocycles. The Labute approximate surface area is 132 Å². The molecule has 2 aromatic rings. The largest absolute Gasteiger partial charge is 0.493 e. The van der Waals surface area contributed by atoms with Crippen LogP contribution >= 0.6 is 11.8 Å². The van der Waals surface area contributed by atoms with Crippen molar-refractivity contribution in [3.63, 3.8) is 0 Å². The Balaban J connectivity index is 1.92. The van der Waals surface area contributed by atoms with Gasteiger partial charge in [0.15, 0.2) is 0 Å². The molecule has 2 N–H and O–H groups in total. The maximum absolute atomic E-state index is 13.7. The molecule has 22 heavy (non-hydrogen) atoms. The van der Waals surface area contributed by atoms with E-state index in [-0.39, 0.29) is 11.7 Å². The SMILES string of the molecule is N=Cc1c(O)nc(SCc2ncccc2F)c2c1CCCC2. The van der Waals surface area contributed by atoms with E-state index in [9.17, 15) is 9.50 Å². The van der Waals surface area contributed by atoms with E-state index in [0.29, 0.717) is 17.0 Å². The Bertz CT molecular complexity index is 721. The number of aromatic hydroxyl groups is 1. The number of fused-ring (bicyclic) bond motifs is 1. The third-order valence-corrected chi connectivity index (χ3v) is 4.85. The molecule has 4 nitrogen and oxygen atoms in total. The van der Waals surface area contributed by atoms with Crippen LogP contribution in [0.25, 0.3) is 0 Å². The smallest absolute Gasteiger partial charge is 0.221 e. The molecule has 0 radical (unpaired) electrons. The van der Waals surface area contributed by atoms with Crippen molar-refractivity contribution in [3.8, 4) is 5.88 Å². The first-order valence-corrected chi connectivity index (χ1v) is 8.16. The summed E-state index contributed by atoms with van der Waals surface area (Å²) in [6.07, 6.45) is 6.59. The Morgan fingerprint density at radius 3 is 2.82 bits per heavy atom. The molecular formula is C16H16FN3OS. The molecule has 0 amide bonds. The van der Waals surface area contributed by atoms with Crippen molar-refractivity contribution in [1.29, 1.82) is 5.41 Å². The maximum atomic E-state index is 13.7. The molecule has 6 heteroatoms. The Hall–Kier alpha value is -1.95. The summed E-state index contributed by atoms with van der Waals surface area (Å²) >= 11 is 1.39. The quantitative estimate of drug-likeness (QED) is 0.669. The van der Waals surface area contributed by atoms with Gasteiger partial charge in [-0.05, 0) is 48.9 Å². The Morgan fingerprint density at radius 2 is 2.09 bits per heavy atom. The summed E-state index contributed by atoms with van der Waals surface area (Å²) in [5.74, 6) is -0.0704. The molecule has 0 spiro atoms. The van der Waals surface area contributed by atoms with E-state index in [2.05, 4.69) is 9.97 Å². The molecule has 0 bridgehead atoms. The summed E-state index contributed by atoms with van der Waals surface area (Å²) in [5, 5.41) is 18.2. The highest BCUT2D eigenvalue weighted by atomic mass is 32.2. The van der Waals surface area contributed by atoms with Crippen molar-refractivity contribution in [2.24, 2.45) is 0 Å². The van der Waals surface area contributed by atoms with Crippen LogP contribution in [0.4, 0.5) is 4.39 Å². The zero-order chi connectivity index (χ0) is 15.5. The van der Waals surface area contributed by atoms with Gasteiger partial charge in [-0.1, -0.05) is 11.8 Å². The average Bonchev–Trinajstić information content (AvgIpc) is 2.54. The fourth-order valence-corrected chi connectivity index (χ4v) is 3.77. The predicted octanol–water partition coefficient (Wildman–Crippen LogP) is 3.49. The molecular weight excluding hydrogens is 301 g/mol. The lowest BCUT2D eigenvalue weighted by atomic mass is 9.90. The van der Waals surface area contributed by atoms with E-state index in [1.807, 2.05) is 0 Å². The summed E-state index contributed by atoms with van der Waals surface area (Å²) < 4.78 is 13.7. The van der Waals surface area contributed by atoms with E-state index in [0.717, 1.165) is 41.8 Å². The van der Waals surface area contributed by atoms with Crippen molar-refractivity contribution in [2.45, 2.75) is 36.5 Å². The van der Waals surface area contributed by atoms with Gasteiger partial charge in [-0.3, -0.25) is 4.98 Å². The number of nitrogens with one attached hydrogen (secondary N) is 1. The third-order valence-electron chi connectivity index (χ3n) is 3.82. The van der Waals surface area contributed by atoms with E-state index in [1.54, 1.807) is 12.3 Å². The minimum atomic E-state index is -0.329. The molecule has 0 saturated carbocycles. The zero-order valence-electron chi connectivity index (χ0n) is 12.0. The standard InChI is InChI=1S/C16H16FN3OS/c17-13-6-3-7-19-14(13)9-22-16-11-5-2-1-4-10(11)12(8-18)15(21)20-16/h3,6-8,18H,1-2,4-5,9H2,(H,20,21). The first-order valence-electron chi connectivity index (χ1n) is 7.18. The van der Waals surface area contributed by atoms with Crippen LogP contribution in [0.5, 0.6) is 5.88 Å². The second-order valence-corrected chi connectivity index (χ2v) is 6.15. The Kier molecular flexibility index (Phi) is 4.38. The highest BCUT2D eigenvalue weighted by Gasteiger charge is 2.21. The van der Waals surface area contributed by atoms with Crippen molar-refractivity contribution >= 4 is 18.0 Å². The molecule has 0 fully saturated rings. The number of hydrogen-bond donors (Lipinski definition) is 2. The van der Waals surface area contributed by atoms with E-state index in [1.165, 1.54) is 24.0 Å². The minimum Gasteiger partial charge on any atom is -0.493 e. The lowest BCUT2D eigenvalue weighted by Crippen LogP contribution is -2.10. The number of thioether (sulfide) groups is 1. The number of hydrogen-bond acceptors (Lipinski definition) is 5. The lowest BCUT2D eigenvalue weighted by Gasteiger charge is -2.21. The topological polar surface area (TPSA) is 69.9 Å². The summed E-state index contributed by atoms with van der Waals surface area (Å²) in [7, 11) is 0. The minimum absolute atomic E-state index is 0.111. The van der Waals surface area contributed by atoms with Crippen LogP contribution in [0.2, 0.25) is 0 Å². The van der Waals surface area contributed by atoms with Gasteiger partial charge in [-0.2, -0.15) is 0 Å². The van der Waals surface area contributed by atoms with Crippen LogP contribution in [-0.4, -0.2) is 21.3 Å². The first-order chi connectivity index (χ1) is 10.7. The number of rotatable bonds is 4. The fraction of sp³-hybridized carbons (Fsp3) is 0.312. The van der Waals surface area contributed by atoms with Gasteiger partial charge < -0.3 is 10.5 Å². The highest BCUT2D eigenvalue weighted by molar-refractivity contribution is 7.98. The van der Waals surface area contributed by atoms with Gasteiger partial charge in [-0.25, -0.2) is 9.37 Å². The monoisotopic (exact) mass is 317 g/mol. The molecule has 0 aliphatic heterocycles. The van der Waals surface area contributed by atoms with Crippen LogP contribution < -0.4 is 0 Å². The van der Waals surface area contributed by atoms with E-state index < -0.39 is 0 Å². The zero-order valence-corrected chi connectivity index (χ0v) is 12.8. The van der Waals surface area contributed by atoms with Gasteiger partial charge in [0, 0.05) is 18.2 Å². The van der Waals surface area contributed by atoms with Crippen molar-refractivity contribution in [2.75, 3.05) is 0 Å². The molecule has 2 heterocycles. The summed E-state index contributed by atoms with van der Waals surface area (Å²) in [6, 6.07) is 2.95. The molecule has 2 aromatic heterocycles. The molecule has 1 aliphatic rings. The lowest BCUT2D eigenvalue weighted by molar-refractivity contribution is 0.443. The van der Waals surface area contributed by atoms with Crippen LogP contribution in [0.1, 0.15) is 35.2 Å². The molecule has 0 unspecified atom stereocenters. The fourth-order valence-electron chi connectivity index (χ4n) is 2.73. The molecule has 0 aromatic carbocycles. The molecule has 114 valence electrons. The van der Waals surface area contributed by atoms with Gasteiger partial charge in [0.05, 0.1) is 11.3 Å². The van der Waals surface area contributed by atoms with Crippen molar-refractivity contribution < 1.29 is 9.50 Å². The number of pyridine rings is 2. The van der Waals surface area contributed by atoms with Gasteiger partial charge >= 0.3 is 0 Å². The van der Waals surface area contributed by atoms with Crippen LogP contribution in [0.3, 0.4) is 0 Å². The van der Waals surface area contributed by atoms with Crippen LogP contribution in [0, 0.1) is 11.2 Å². The molecule has 0 atom stereocenters. The molecule has 3 rings (SSSR count). The predicted molar refractivity (Wildman–Crippen MR) is 84.2 cm³/mol. The first kappa shape index (κ1) is 15.0. The second-order valence-electron chi connectivity index (χ2n) is 5.18. The van der Waals surface area contributed by atoms with Gasteiger partial charge in [0.1, 0.15) is 10.8 Å². The summed E-state index contributed by atoms with van der Waals surface area (Å²) in [4.78, 5) is 8.26. The van der Waals surface area contributed by atoms with Gasteiger partial charge in [0.2, 0.25) is 5.88 Å². The highest BCUT2D eigenvalue weighted by Crippen LogP contribution is 2.36. The Morgan fingerprint density at radius 1 is 1.32 bits per heavy atom. The van der Waals surface area contributed by atoms with Crippen molar-refractivity contribution in [1.82, 2.24) is 9.97 Å². The normalized spacial score (nSPS) is 13.7. The number of halogens is 1. The molecule has 1 aliphatic carbocycles. The van der Waals surface area contributed by atoms with E-state index in [4.69, 9.17) is 5.41 Å². The van der Waals surface area contributed by atoms with E-state index >= 15 is 0 Å². The maximum Gasteiger partial charge on any atom is 0.221 e. The number of nitrogens with zero attached hydrogens (tertiary/aromatic N) is 2. The van der Waals surface area contributed by atoms with Gasteiger partial charge in [0.25, 0.3) is 0 Å². The van der Waals surface area contributed by atoms with Crippen molar-refractivity contribution in [3.05, 3.63) is 46.5 Å². The average molecular weight is 317 g/mol. The summed E-state index contributed by atoms with van der Waals surface area (Å²) in [5.41, 5.74) is 3.00.